The zero-order valence-electron chi connectivity index (χ0n) is 10.6. The number of esters is 1. The molecule has 0 saturated carbocycles. The Kier molecular flexibility index (Phi) is 6.57. The fourth-order valence-electron chi connectivity index (χ4n) is 1.53. The van der Waals surface area contributed by atoms with Gasteiger partial charge in [0.25, 0.3) is 0 Å². The summed E-state index contributed by atoms with van der Waals surface area (Å²) in [5.41, 5.74) is -0.529. The smallest absolute Gasteiger partial charge is 0.306 e. The molecule has 15 heavy (non-hydrogen) atoms. The lowest BCUT2D eigenvalue weighted by Crippen LogP contribution is -2.42. The third-order valence-corrected chi connectivity index (χ3v) is 2.36. The molecule has 0 fully saturated rings. The van der Waals surface area contributed by atoms with Crippen LogP contribution in [0, 0.1) is 0 Å². The highest BCUT2D eigenvalue weighted by molar-refractivity contribution is 5.69. The van der Waals surface area contributed by atoms with Crippen LogP contribution < -0.4 is 0 Å². The second-order valence-corrected chi connectivity index (χ2v) is 4.16. The van der Waals surface area contributed by atoms with Gasteiger partial charge in [-0.3, -0.25) is 4.79 Å². The Morgan fingerprint density at radius 3 is 2.27 bits per heavy atom. The largest absolute Gasteiger partial charge is 0.457 e. The molecule has 0 bridgehead atoms. The lowest BCUT2D eigenvalue weighted by molar-refractivity contribution is -0.172. The standard InChI is InChI=1S/C12H24O3/c1-6-9-10(14-8-3)12(4,5)15-11(13)7-2/h10H,6-9H2,1-5H3. The van der Waals surface area contributed by atoms with Crippen molar-refractivity contribution in [3.8, 4) is 0 Å². The van der Waals surface area contributed by atoms with E-state index in [0.29, 0.717) is 13.0 Å². The van der Waals surface area contributed by atoms with Crippen LogP contribution in [0.15, 0.2) is 0 Å². The van der Waals surface area contributed by atoms with Gasteiger partial charge >= 0.3 is 5.97 Å². The Balaban J connectivity index is 4.39. The van der Waals surface area contributed by atoms with Gasteiger partial charge < -0.3 is 9.47 Å². The molecule has 0 N–H and O–H groups in total. The van der Waals surface area contributed by atoms with Gasteiger partial charge in [0.05, 0.1) is 6.10 Å². The highest BCUT2D eigenvalue weighted by Gasteiger charge is 2.32. The van der Waals surface area contributed by atoms with Gasteiger partial charge in [0.15, 0.2) is 0 Å². The van der Waals surface area contributed by atoms with Crippen LogP contribution in [0.3, 0.4) is 0 Å². The number of hydrogen-bond acceptors (Lipinski definition) is 3. The van der Waals surface area contributed by atoms with Crippen LogP contribution in [0.1, 0.15) is 53.9 Å². The summed E-state index contributed by atoms with van der Waals surface area (Å²) in [7, 11) is 0. The summed E-state index contributed by atoms with van der Waals surface area (Å²) in [6.07, 6.45) is 2.34. The van der Waals surface area contributed by atoms with Crippen LogP contribution in [0.4, 0.5) is 0 Å². The van der Waals surface area contributed by atoms with E-state index in [2.05, 4.69) is 6.92 Å². The second-order valence-electron chi connectivity index (χ2n) is 4.16. The molecule has 0 aliphatic rings. The van der Waals surface area contributed by atoms with Crippen LogP contribution in [0.5, 0.6) is 0 Å². The molecule has 1 unspecified atom stereocenters. The highest BCUT2D eigenvalue weighted by atomic mass is 16.6. The van der Waals surface area contributed by atoms with Crippen molar-refractivity contribution in [3.05, 3.63) is 0 Å². The average molecular weight is 216 g/mol. The lowest BCUT2D eigenvalue weighted by Gasteiger charge is -2.33. The summed E-state index contributed by atoms with van der Waals surface area (Å²) in [6, 6.07) is 0. The zero-order chi connectivity index (χ0) is 11.9. The number of carbonyl (C=O) groups is 1. The van der Waals surface area contributed by atoms with Crippen molar-refractivity contribution in [1.82, 2.24) is 0 Å². The van der Waals surface area contributed by atoms with Gasteiger partial charge in [0.1, 0.15) is 5.60 Å². The molecule has 0 radical (unpaired) electrons. The predicted molar refractivity (Wildman–Crippen MR) is 60.8 cm³/mol. The molecule has 1 atom stereocenters. The highest BCUT2D eigenvalue weighted by Crippen LogP contribution is 2.22. The summed E-state index contributed by atoms with van der Waals surface area (Å²) in [5, 5.41) is 0. The van der Waals surface area contributed by atoms with Crippen molar-refractivity contribution in [2.24, 2.45) is 0 Å². The summed E-state index contributed by atoms with van der Waals surface area (Å²) < 4.78 is 11.0. The van der Waals surface area contributed by atoms with E-state index in [1.165, 1.54) is 0 Å². The molecule has 90 valence electrons. The third kappa shape index (κ3) is 5.17. The molecular formula is C12H24O3. The van der Waals surface area contributed by atoms with Crippen LogP contribution in [0.25, 0.3) is 0 Å². The number of ether oxygens (including phenoxy) is 2. The van der Waals surface area contributed by atoms with Crippen LogP contribution in [-0.2, 0) is 14.3 Å². The minimum atomic E-state index is -0.529. The van der Waals surface area contributed by atoms with Gasteiger partial charge in [-0.25, -0.2) is 0 Å². The van der Waals surface area contributed by atoms with Gasteiger partial charge in [-0.1, -0.05) is 20.3 Å². The Morgan fingerprint density at radius 1 is 1.27 bits per heavy atom. The summed E-state index contributed by atoms with van der Waals surface area (Å²) in [5.74, 6) is -0.166. The van der Waals surface area contributed by atoms with Crippen molar-refractivity contribution >= 4 is 5.97 Å². The first-order chi connectivity index (χ1) is 6.97. The third-order valence-electron chi connectivity index (χ3n) is 2.36. The van der Waals surface area contributed by atoms with Crippen molar-refractivity contribution < 1.29 is 14.3 Å². The molecule has 0 aromatic heterocycles. The van der Waals surface area contributed by atoms with Crippen LogP contribution >= 0.6 is 0 Å². The summed E-state index contributed by atoms with van der Waals surface area (Å²) >= 11 is 0. The maximum Gasteiger partial charge on any atom is 0.306 e. The van der Waals surface area contributed by atoms with E-state index in [-0.39, 0.29) is 12.1 Å². The fraction of sp³-hybridized carbons (Fsp3) is 0.917. The minimum absolute atomic E-state index is 0.0111. The molecule has 3 heteroatoms. The van der Waals surface area contributed by atoms with E-state index in [1.54, 1.807) is 6.92 Å². The first kappa shape index (κ1) is 14.4. The minimum Gasteiger partial charge on any atom is -0.457 e. The molecule has 0 aromatic rings. The van der Waals surface area contributed by atoms with Gasteiger partial charge in [-0.05, 0) is 27.2 Å². The van der Waals surface area contributed by atoms with E-state index in [0.717, 1.165) is 12.8 Å². The molecule has 0 amide bonds. The number of carbonyl (C=O) groups excluding carboxylic acids is 1. The molecule has 0 rings (SSSR count). The van der Waals surface area contributed by atoms with Gasteiger partial charge in [0, 0.05) is 13.0 Å². The van der Waals surface area contributed by atoms with E-state index in [4.69, 9.17) is 9.47 Å². The molecule has 0 saturated heterocycles. The van der Waals surface area contributed by atoms with Gasteiger partial charge in [0.2, 0.25) is 0 Å². The maximum atomic E-state index is 11.3. The molecule has 0 aliphatic carbocycles. The fourth-order valence-corrected chi connectivity index (χ4v) is 1.53. The van der Waals surface area contributed by atoms with Crippen molar-refractivity contribution in [2.75, 3.05) is 6.61 Å². The van der Waals surface area contributed by atoms with Crippen LogP contribution in [-0.4, -0.2) is 24.3 Å². The van der Waals surface area contributed by atoms with Crippen molar-refractivity contribution in [3.63, 3.8) is 0 Å². The summed E-state index contributed by atoms with van der Waals surface area (Å²) in [6.45, 7) is 10.3. The number of rotatable bonds is 7. The van der Waals surface area contributed by atoms with Gasteiger partial charge in [-0.2, -0.15) is 0 Å². The SMILES string of the molecule is CCCC(OCC)C(C)(C)OC(=O)CC. The Hall–Kier alpha value is -0.570. The Labute approximate surface area is 93.1 Å². The monoisotopic (exact) mass is 216 g/mol. The van der Waals surface area contributed by atoms with Crippen molar-refractivity contribution in [2.45, 2.75) is 65.6 Å². The molecule has 3 nitrogen and oxygen atoms in total. The summed E-state index contributed by atoms with van der Waals surface area (Å²) in [4.78, 5) is 11.3. The first-order valence-electron chi connectivity index (χ1n) is 5.81. The zero-order valence-corrected chi connectivity index (χ0v) is 10.6. The maximum absolute atomic E-state index is 11.3. The van der Waals surface area contributed by atoms with E-state index < -0.39 is 5.60 Å². The molecule has 0 heterocycles. The molecular weight excluding hydrogens is 192 g/mol. The van der Waals surface area contributed by atoms with E-state index >= 15 is 0 Å². The molecule has 0 aliphatic heterocycles. The lowest BCUT2D eigenvalue weighted by atomic mass is 9.97. The van der Waals surface area contributed by atoms with Crippen LogP contribution in [0.2, 0.25) is 0 Å². The molecule has 0 spiro atoms. The second kappa shape index (κ2) is 6.83. The Morgan fingerprint density at radius 2 is 1.87 bits per heavy atom. The number of hydrogen-bond donors (Lipinski definition) is 0. The van der Waals surface area contributed by atoms with Gasteiger partial charge in [-0.15, -0.1) is 0 Å². The average Bonchev–Trinajstić information content (AvgIpc) is 2.16. The van der Waals surface area contributed by atoms with E-state index in [9.17, 15) is 4.79 Å². The van der Waals surface area contributed by atoms with E-state index in [1.807, 2.05) is 20.8 Å². The predicted octanol–water partition coefficient (Wildman–Crippen LogP) is 2.92. The first-order valence-corrected chi connectivity index (χ1v) is 5.81. The quantitative estimate of drug-likeness (QED) is 0.614. The Bertz CT molecular complexity index is 181. The normalized spacial score (nSPS) is 13.7. The molecule has 0 aromatic carbocycles. The van der Waals surface area contributed by atoms with Crippen molar-refractivity contribution in [1.29, 1.82) is 0 Å². The topological polar surface area (TPSA) is 35.5 Å².